The van der Waals surface area contributed by atoms with Crippen molar-refractivity contribution < 1.29 is 9.59 Å². The summed E-state index contributed by atoms with van der Waals surface area (Å²) >= 11 is 1.94. The van der Waals surface area contributed by atoms with E-state index in [9.17, 15) is 9.59 Å². The molecule has 7 heavy (non-hydrogen) atoms. The maximum absolute atomic E-state index is 10.0. The summed E-state index contributed by atoms with van der Waals surface area (Å²) in [6.45, 7) is 1.39. The normalized spacial score (nSPS) is 8.14. The quantitative estimate of drug-likeness (QED) is 0.361. The van der Waals surface area contributed by atoms with E-state index in [1.807, 2.05) is 16.3 Å². The van der Waals surface area contributed by atoms with Crippen LogP contribution in [0.25, 0.3) is 0 Å². The lowest BCUT2D eigenvalue weighted by atomic mass is 10.3. The van der Waals surface area contributed by atoms with Crippen LogP contribution >= 0.6 is 0 Å². The largest absolute Gasteiger partial charge is 0.323 e. The van der Waals surface area contributed by atoms with Crippen molar-refractivity contribution in [1.29, 1.82) is 0 Å². The first-order valence-corrected chi connectivity index (χ1v) is 2.48. The molecule has 0 rings (SSSR count). The van der Waals surface area contributed by atoms with E-state index in [4.69, 9.17) is 0 Å². The van der Waals surface area contributed by atoms with Gasteiger partial charge in [-0.05, 0) is 6.92 Å². The third-order valence-corrected chi connectivity index (χ3v) is 0.627. The Kier molecular flexibility index (Phi) is 2.90. The second kappa shape index (κ2) is 2.95. The molecule has 0 unspecified atom stereocenters. The van der Waals surface area contributed by atoms with Crippen LogP contribution in [0.2, 0.25) is 0 Å². The molecule has 0 aromatic carbocycles. The first-order chi connectivity index (χ1) is 3.13. The Morgan fingerprint density at radius 3 is 2.00 bits per heavy atom. The monoisotopic (exact) mass is 112 g/mol. The van der Waals surface area contributed by atoms with Gasteiger partial charge in [-0.2, -0.15) is 0 Å². The molecule has 0 fully saturated rings. The molecule has 0 heterocycles. The Morgan fingerprint density at radius 2 is 2.00 bits per heavy atom. The van der Waals surface area contributed by atoms with E-state index in [0.29, 0.717) is 0 Å². The number of ketones is 1. The SMILES string of the molecule is CC(=O)C[C](=O)[Al]. The molecule has 0 N–H and O–H groups in total. The van der Waals surface area contributed by atoms with Crippen LogP contribution in [-0.2, 0) is 9.59 Å². The lowest BCUT2D eigenvalue weighted by Crippen LogP contribution is -2.01. The number of Topliss-reactive ketones (excluding diaryl/α,β-unsaturated/α-hetero) is 1. The molecule has 0 aliphatic rings. The standard InChI is InChI=1S/C4H5O2.Al/c1-4(6)2-3-5;/h2H2,1H3;. The van der Waals surface area contributed by atoms with Gasteiger partial charge >= 0.3 is 0 Å². The highest BCUT2D eigenvalue weighted by Gasteiger charge is 1.93. The molecule has 0 aliphatic heterocycles. The fourth-order valence-corrected chi connectivity index (χ4v) is 0.533. The van der Waals surface area contributed by atoms with Gasteiger partial charge in [0.15, 0.2) is 0 Å². The minimum Gasteiger partial charge on any atom is -0.323 e. The zero-order chi connectivity index (χ0) is 5.86. The smallest absolute Gasteiger partial charge is 0.242 e. The number of carbonyl (C=O) groups excluding carboxylic acids is 2. The lowest BCUT2D eigenvalue weighted by molar-refractivity contribution is -0.122. The first-order valence-electron chi connectivity index (χ1n) is 1.90. The molecule has 0 saturated heterocycles. The van der Waals surface area contributed by atoms with Crippen molar-refractivity contribution in [3.05, 3.63) is 0 Å². The van der Waals surface area contributed by atoms with E-state index in [1.165, 1.54) is 6.92 Å². The van der Waals surface area contributed by atoms with Gasteiger partial charge in [-0.1, -0.05) is 0 Å². The van der Waals surface area contributed by atoms with Crippen molar-refractivity contribution in [2.75, 3.05) is 0 Å². The van der Waals surface area contributed by atoms with Gasteiger partial charge in [-0.3, -0.25) is 4.79 Å². The molecule has 2 nitrogen and oxygen atoms in total. The third-order valence-electron chi connectivity index (χ3n) is 0.423. The second-order valence-corrected chi connectivity index (χ2v) is 1.99. The van der Waals surface area contributed by atoms with E-state index in [0.717, 1.165) is 0 Å². The van der Waals surface area contributed by atoms with Crippen LogP contribution in [0.4, 0.5) is 0 Å². The average Bonchev–Trinajstić information content (AvgIpc) is 1.27. The van der Waals surface area contributed by atoms with Gasteiger partial charge in [0.05, 0.1) is 0 Å². The molecule has 0 aromatic heterocycles. The van der Waals surface area contributed by atoms with Crippen molar-refractivity contribution in [1.82, 2.24) is 0 Å². The van der Waals surface area contributed by atoms with Gasteiger partial charge in [-0.25, -0.2) is 0 Å². The molecule has 0 saturated carbocycles. The van der Waals surface area contributed by atoms with Gasteiger partial charge < -0.3 is 4.79 Å². The van der Waals surface area contributed by atoms with Crippen LogP contribution in [-0.4, -0.2) is 26.7 Å². The molecule has 0 bridgehead atoms. The van der Waals surface area contributed by atoms with Crippen LogP contribution in [0, 0.1) is 0 Å². The van der Waals surface area contributed by atoms with Gasteiger partial charge in [0.2, 0.25) is 16.3 Å². The maximum atomic E-state index is 10.0. The molecule has 0 spiro atoms. The molecule has 2 radical (unpaired) electrons. The topological polar surface area (TPSA) is 34.1 Å². The minimum absolute atomic E-state index is 0.0463. The highest BCUT2D eigenvalue weighted by Crippen LogP contribution is 1.77. The van der Waals surface area contributed by atoms with E-state index < -0.39 is 0 Å². The molecular formula is C4H5AlO2. The summed E-state index contributed by atoms with van der Waals surface area (Å²) in [5.74, 6) is -0.0833. The van der Waals surface area contributed by atoms with Crippen molar-refractivity contribution in [3.63, 3.8) is 0 Å². The Labute approximate surface area is 50.3 Å². The number of rotatable bonds is 2. The summed E-state index contributed by atoms with van der Waals surface area (Å²) in [5, 5.41) is 0. The Bertz CT molecular complexity index is 85.9. The van der Waals surface area contributed by atoms with Crippen LogP contribution in [0.1, 0.15) is 13.3 Å². The Morgan fingerprint density at radius 1 is 1.57 bits per heavy atom. The van der Waals surface area contributed by atoms with Crippen LogP contribution < -0.4 is 0 Å². The van der Waals surface area contributed by atoms with E-state index in [-0.39, 0.29) is 16.8 Å². The predicted molar refractivity (Wildman–Crippen MR) is 26.1 cm³/mol. The fraction of sp³-hybridized carbons (Fsp3) is 0.500. The molecule has 36 valence electrons. The minimum atomic E-state index is -0.146. The van der Waals surface area contributed by atoms with Crippen molar-refractivity contribution in [2.45, 2.75) is 13.3 Å². The average molecular weight is 112 g/mol. The summed E-state index contributed by atoms with van der Waals surface area (Å²) in [6, 6.07) is 0. The zero-order valence-corrected chi connectivity index (χ0v) is 5.26. The maximum Gasteiger partial charge on any atom is 0.242 e. The van der Waals surface area contributed by atoms with E-state index in [2.05, 4.69) is 0 Å². The van der Waals surface area contributed by atoms with Gasteiger partial charge in [0.1, 0.15) is 5.78 Å². The molecule has 0 amide bonds. The summed E-state index contributed by atoms with van der Waals surface area (Å²) in [6.07, 6.45) is 0.0463. The predicted octanol–water partition coefficient (Wildman–Crippen LogP) is -0.339. The molecule has 0 aromatic rings. The number of carbonyl (C=O) groups is 2. The summed E-state index contributed by atoms with van der Waals surface area (Å²) < 4.78 is -0.146. The van der Waals surface area contributed by atoms with Crippen molar-refractivity contribution >= 4 is 26.7 Å². The molecule has 3 heteroatoms. The third kappa shape index (κ3) is 5.87. The summed E-state index contributed by atoms with van der Waals surface area (Å²) in [5.41, 5.74) is 0. The molecule has 0 atom stereocenters. The van der Waals surface area contributed by atoms with Gasteiger partial charge in [0, 0.05) is 11.1 Å². The zero-order valence-electron chi connectivity index (χ0n) is 4.10. The summed E-state index contributed by atoms with van der Waals surface area (Å²) in [4.78, 5) is 20.0. The van der Waals surface area contributed by atoms with Crippen molar-refractivity contribution in [3.8, 4) is 0 Å². The van der Waals surface area contributed by atoms with Crippen molar-refractivity contribution in [2.24, 2.45) is 0 Å². The van der Waals surface area contributed by atoms with Gasteiger partial charge in [0.25, 0.3) is 0 Å². The lowest BCUT2D eigenvalue weighted by Gasteiger charge is -1.83. The number of hydrogen-bond acceptors (Lipinski definition) is 2. The first kappa shape index (κ1) is 6.87. The van der Waals surface area contributed by atoms with E-state index in [1.54, 1.807) is 0 Å². The van der Waals surface area contributed by atoms with E-state index >= 15 is 0 Å². The summed E-state index contributed by atoms with van der Waals surface area (Å²) in [7, 11) is 0. The Hall–Kier alpha value is -0.128. The fourth-order valence-electron chi connectivity index (χ4n) is 0.245. The van der Waals surface area contributed by atoms with Gasteiger partial charge in [-0.15, -0.1) is 0 Å². The van der Waals surface area contributed by atoms with Crippen LogP contribution in [0.15, 0.2) is 0 Å². The number of hydrogen-bond donors (Lipinski definition) is 0. The highest BCUT2D eigenvalue weighted by molar-refractivity contribution is 6.59. The second-order valence-electron chi connectivity index (χ2n) is 1.35. The molecule has 0 aliphatic carbocycles. The molecular weight excluding hydrogens is 107 g/mol. The highest BCUT2D eigenvalue weighted by atomic mass is 27.0. The Balaban J connectivity index is 3.32. The van der Waals surface area contributed by atoms with Crippen LogP contribution in [0.3, 0.4) is 0 Å². The van der Waals surface area contributed by atoms with Crippen LogP contribution in [0.5, 0.6) is 0 Å².